The Hall–Kier alpha value is -2.89. The Morgan fingerprint density at radius 3 is 0.849 bits per heavy atom. The van der Waals surface area contributed by atoms with Crippen LogP contribution in [0.1, 0.15) is 329 Å². The van der Waals surface area contributed by atoms with Crippen molar-refractivity contribution in [3.8, 4) is 0 Å². The summed E-state index contributed by atoms with van der Waals surface area (Å²) in [7, 11) is 0. The van der Waals surface area contributed by atoms with E-state index in [1.165, 1.54) is 218 Å². The van der Waals surface area contributed by atoms with Gasteiger partial charge in [-0.15, -0.1) is 0 Å². The first-order chi connectivity index (χ1) is 36.0. The summed E-state index contributed by atoms with van der Waals surface area (Å²) in [5.41, 5.74) is 0. The first-order valence-corrected chi connectivity index (χ1v) is 31.8. The van der Waals surface area contributed by atoms with E-state index >= 15 is 0 Å². The van der Waals surface area contributed by atoms with Gasteiger partial charge in [0.25, 0.3) is 0 Å². The molecule has 0 rings (SSSR count). The van der Waals surface area contributed by atoms with Gasteiger partial charge in [0, 0.05) is 19.3 Å². The van der Waals surface area contributed by atoms with Crippen molar-refractivity contribution in [2.45, 2.75) is 335 Å². The molecule has 0 aliphatic heterocycles. The first-order valence-electron chi connectivity index (χ1n) is 31.8. The largest absolute Gasteiger partial charge is 0.462 e. The Kier molecular flexibility index (Phi) is 59.2. The molecule has 0 heterocycles. The highest BCUT2D eigenvalue weighted by Gasteiger charge is 2.19. The molecule has 0 amide bonds. The van der Waals surface area contributed by atoms with Crippen LogP contribution in [0.5, 0.6) is 0 Å². The number of esters is 3. The van der Waals surface area contributed by atoms with Crippen LogP contribution in [0.15, 0.2) is 60.8 Å². The van der Waals surface area contributed by atoms with Crippen molar-refractivity contribution >= 4 is 17.9 Å². The third-order valence-corrected chi connectivity index (χ3v) is 14.0. The average Bonchev–Trinajstić information content (AvgIpc) is 3.39. The highest BCUT2D eigenvalue weighted by Crippen LogP contribution is 2.17. The summed E-state index contributed by atoms with van der Waals surface area (Å²) in [5, 5.41) is 0. The smallest absolute Gasteiger partial charge is 0.306 e. The molecule has 1 atom stereocenters. The van der Waals surface area contributed by atoms with Gasteiger partial charge in [0.05, 0.1) is 0 Å². The quantitative estimate of drug-likeness (QED) is 0.0261. The Morgan fingerprint density at radius 1 is 0.274 bits per heavy atom. The Labute approximate surface area is 453 Å². The van der Waals surface area contributed by atoms with E-state index in [4.69, 9.17) is 14.2 Å². The molecule has 0 bridgehead atoms. The van der Waals surface area contributed by atoms with Gasteiger partial charge in [-0.05, 0) is 83.5 Å². The Balaban J connectivity index is 4.41. The minimum Gasteiger partial charge on any atom is -0.462 e. The summed E-state index contributed by atoms with van der Waals surface area (Å²) in [4.78, 5) is 38.3. The van der Waals surface area contributed by atoms with E-state index in [2.05, 4.69) is 81.5 Å². The van der Waals surface area contributed by atoms with Gasteiger partial charge >= 0.3 is 17.9 Å². The number of unbranched alkanes of at least 4 members (excludes halogenated alkanes) is 37. The lowest BCUT2D eigenvalue weighted by atomic mass is 10.0. The topological polar surface area (TPSA) is 78.9 Å². The monoisotopic (exact) mass is 1020 g/mol. The van der Waals surface area contributed by atoms with Gasteiger partial charge in [0.15, 0.2) is 6.10 Å². The number of hydrogen-bond donors (Lipinski definition) is 0. The minimum atomic E-state index is -0.796. The lowest BCUT2D eigenvalue weighted by Gasteiger charge is -2.18. The maximum absolute atomic E-state index is 12.9. The van der Waals surface area contributed by atoms with Gasteiger partial charge in [0.1, 0.15) is 13.2 Å². The fraction of sp³-hybridized carbons (Fsp3) is 0.806. The van der Waals surface area contributed by atoms with Gasteiger partial charge in [0.2, 0.25) is 0 Å². The summed E-state index contributed by atoms with van der Waals surface area (Å²) >= 11 is 0. The zero-order chi connectivity index (χ0) is 52.9. The molecule has 0 N–H and O–H groups in total. The number of hydrogen-bond acceptors (Lipinski definition) is 6. The maximum atomic E-state index is 12.9. The van der Waals surface area contributed by atoms with Gasteiger partial charge in [-0.2, -0.15) is 0 Å². The standard InChI is InChI=1S/C67H120O6/c1-4-7-10-13-16-19-22-25-28-31-33-36-39-42-45-48-51-54-57-60-66(69)72-63-64(62-71-65(68)59-56-53-50-47-44-41-38-35-30-27-24-21-18-15-12-9-6-3)73-67(70)61-58-55-52-49-46-43-40-37-34-32-29-26-23-20-17-14-11-8-5-2/h17,20,26-27,29-30,38,41,47,50,64H,4-16,18-19,21-25,28,31-37,39-40,42-46,48-49,51-63H2,1-3H3/b20-17-,29-26-,30-27-,41-38-,50-47-/t64-/m1/s1. The van der Waals surface area contributed by atoms with E-state index in [1.807, 2.05) is 0 Å². The van der Waals surface area contributed by atoms with Crippen LogP contribution in [0.3, 0.4) is 0 Å². The van der Waals surface area contributed by atoms with E-state index in [0.717, 1.165) is 64.2 Å². The summed E-state index contributed by atoms with van der Waals surface area (Å²) in [5.74, 6) is -0.929. The van der Waals surface area contributed by atoms with Crippen LogP contribution in [0.25, 0.3) is 0 Å². The molecule has 0 aliphatic carbocycles. The van der Waals surface area contributed by atoms with E-state index < -0.39 is 6.10 Å². The first kappa shape index (κ1) is 70.1. The Morgan fingerprint density at radius 2 is 0.507 bits per heavy atom. The number of allylic oxidation sites excluding steroid dienone is 10. The van der Waals surface area contributed by atoms with Gasteiger partial charge in [-0.3, -0.25) is 14.4 Å². The van der Waals surface area contributed by atoms with Gasteiger partial charge in [-0.25, -0.2) is 0 Å². The number of ether oxygens (including phenoxy) is 3. The van der Waals surface area contributed by atoms with Crippen LogP contribution in [0, 0.1) is 0 Å². The zero-order valence-electron chi connectivity index (χ0n) is 48.7. The molecule has 0 aromatic carbocycles. The number of carbonyl (C=O) groups is 3. The lowest BCUT2D eigenvalue weighted by Crippen LogP contribution is -2.30. The normalized spacial score (nSPS) is 12.4. The lowest BCUT2D eigenvalue weighted by molar-refractivity contribution is -0.167. The van der Waals surface area contributed by atoms with E-state index in [0.29, 0.717) is 19.3 Å². The van der Waals surface area contributed by atoms with Crippen LogP contribution >= 0.6 is 0 Å². The average molecular weight is 1020 g/mol. The van der Waals surface area contributed by atoms with Crippen molar-refractivity contribution in [3.63, 3.8) is 0 Å². The molecule has 6 nitrogen and oxygen atoms in total. The zero-order valence-corrected chi connectivity index (χ0v) is 48.7. The molecule has 0 radical (unpaired) electrons. The molecule has 0 fully saturated rings. The minimum absolute atomic E-state index is 0.0883. The van der Waals surface area contributed by atoms with Crippen molar-refractivity contribution in [2.24, 2.45) is 0 Å². The fourth-order valence-corrected chi connectivity index (χ4v) is 9.20. The third-order valence-electron chi connectivity index (χ3n) is 14.0. The number of carbonyl (C=O) groups excluding carboxylic acids is 3. The SMILES string of the molecule is CCCCC/C=C\C/C=C\CCCCCCCCCCCC(=O)O[C@H](COC(=O)CCC/C=C\C/C=C\C/C=C\CCCCCCCC)COC(=O)CCCCCCCCCCCCCCCCCCCCC. The van der Waals surface area contributed by atoms with Crippen LogP contribution in [-0.2, 0) is 28.6 Å². The molecular weight excluding hydrogens is 901 g/mol. The van der Waals surface area contributed by atoms with Crippen molar-refractivity contribution in [1.82, 2.24) is 0 Å². The molecular formula is C67H120O6. The van der Waals surface area contributed by atoms with E-state index in [9.17, 15) is 14.4 Å². The molecule has 0 aliphatic rings. The number of rotatable bonds is 58. The maximum Gasteiger partial charge on any atom is 0.306 e. The summed E-state index contributed by atoms with van der Waals surface area (Å²) < 4.78 is 16.9. The fourth-order valence-electron chi connectivity index (χ4n) is 9.20. The predicted octanol–water partition coefficient (Wildman–Crippen LogP) is 21.6. The molecule has 6 heteroatoms. The van der Waals surface area contributed by atoms with Crippen LogP contribution in [0.4, 0.5) is 0 Å². The molecule has 0 saturated heterocycles. The highest BCUT2D eigenvalue weighted by molar-refractivity contribution is 5.71. The van der Waals surface area contributed by atoms with E-state index in [1.54, 1.807) is 0 Å². The predicted molar refractivity (Wildman–Crippen MR) is 316 cm³/mol. The molecule has 424 valence electrons. The molecule has 0 aromatic heterocycles. The molecule has 73 heavy (non-hydrogen) atoms. The van der Waals surface area contributed by atoms with E-state index in [-0.39, 0.29) is 37.5 Å². The summed E-state index contributed by atoms with van der Waals surface area (Å²) in [6.07, 6.45) is 78.0. The molecule has 0 spiro atoms. The van der Waals surface area contributed by atoms with Crippen molar-refractivity contribution in [3.05, 3.63) is 60.8 Å². The van der Waals surface area contributed by atoms with Gasteiger partial charge in [-0.1, -0.05) is 287 Å². The Bertz CT molecular complexity index is 1310. The van der Waals surface area contributed by atoms with Crippen molar-refractivity contribution < 1.29 is 28.6 Å². The molecule has 0 saturated carbocycles. The van der Waals surface area contributed by atoms with Crippen LogP contribution in [0.2, 0.25) is 0 Å². The third kappa shape index (κ3) is 59.9. The second-order valence-corrected chi connectivity index (χ2v) is 21.3. The second kappa shape index (κ2) is 61.7. The van der Waals surface area contributed by atoms with Gasteiger partial charge < -0.3 is 14.2 Å². The van der Waals surface area contributed by atoms with Crippen LogP contribution in [-0.4, -0.2) is 37.2 Å². The molecule has 0 unspecified atom stereocenters. The second-order valence-electron chi connectivity index (χ2n) is 21.3. The van der Waals surface area contributed by atoms with Crippen LogP contribution < -0.4 is 0 Å². The van der Waals surface area contributed by atoms with Crippen molar-refractivity contribution in [2.75, 3.05) is 13.2 Å². The molecule has 0 aromatic rings. The summed E-state index contributed by atoms with van der Waals surface area (Å²) in [6.45, 7) is 6.61. The summed E-state index contributed by atoms with van der Waals surface area (Å²) in [6, 6.07) is 0. The van der Waals surface area contributed by atoms with Crippen molar-refractivity contribution in [1.29, 1.82) is 0 Å². The highest BCUT2D eigenvalue weighted by atomic mass is 16.6.